The first kappa shape index (κ1) is 17.6. The zero-order valence-corrected chi connectivity index (χ0v) is 15.3. The van der Waals surface area contributed by atoms with Crippen molar-refractivity contribution in [2.75, 3.05) is 5.75 Å². The van der Waals surface area contributed by atoms with Gasteiger partial charge in [-0.05, 0) is 65.2 Å². The predicted octanol–water partition coefficient (Wildman–Crippen LogP) is 4.70. The summed E-state index contributed by atoms with van der Waals surface area (Å²) >= 11 is 1.96. The Balaban J connectivity index is 1.66. The van der Waals surface area contributed by atoms with Gasteiger partial charge in [0.15, 0.2) is 0 Å². The van der Waals surface area contributed by atoms with Gasteiger partial charge < -0.3 is 9.47 Å². The Hall–Kier alpha value is -0.740. The average molecular weight is 324 g/mol. The van der Waals surface area contributed by atoms with Gasteiger partial charge in [-0.1, -0.05) is 0 Å². The third-order valence-electron chi connectivity index (χ3n) is 3.48. The number of nitrogens with zero attached hydrogens (tertiary/aromatic N) is 1. The van der Waals surface area contributed by atoms with Crippen LogP contribution in [0.4, 0.5) is 0 Å². The fourth-order valence-corrected chi connectivity index (χ4v) is 3.71. The van der Waals surface area contributed by atoms with Gasteiger partial charge in [0, 0.05) is 18.0 Å². The molecule has 1 aromatic heterocycles. The van der Waals surface area contributed by atoms with Crippen molar-refractivity contribution in [1.29, 1.82) is 0 Å². The van der Waals surface area contributed by atoms with Gasteiger partial charge in [0.25, 0.3) is 0 Å². The number of ether oxygens (including phenoxy) is 2. The molecule has 2 rings (SSSR count). The van der Waals surface area contributed by atoms with Crippen LogP contribution in [0.5, 0.6) is 5.75 Å². The second-order valence-electron chi connectivity index (χ2n) is 7.35. The standard InChI is InChI=1S/C18H29NO2S/c1-13(2)20-16-6-7-19-15(10-16)12-22-11-14-8-17(9-14)21-18(3,4)5/h6-7,10,13-14,17H,8-9,11-12H2,1-5H3. The van der Waals surface area contributed by atoms with E-state index in [0.29, 0.717) is 6.10 Å². The molecule has 22 heavy (non-hydrogen) atoms. The Bertz CT molecular complexity index is 464. The Kier molecular flexibility index (Phi) is 6.16. The minimum atomic E-state index is -0.0104. The quantitative estimate of drug-likeness (QED) is 0.728. The first-order valence-corrected chi connectivity index (χ1v) is 9.34. The molecule has 1 fully saturated rings. The maximum atomic E-state index is 5.98. The van der Waals surface area contributed by atoms with Crippen molar-refractivity contribution in [3.05, 3.63) is 24.0 Å². The van der Waals surface area contributed by atoms with Gasteiger partial charge in [0.2, 0.25) is 0 Å². The molecule has 0 amide bonds. The van der Waals surface area contributed by atoms with Crippen molar-refractivity contribution in [1.82, 2.24) is 4.98 Å². The van der Waals surface area contributed by atoms with Crippen LogP contribution in [0.15, 0.2) is 18.3 Å². The van der Waals surface area contributed by atoms with E-state index in [1.165, 1.54) is 18.6 Å². The fraction of sp³-hybridized carbons (Fsp3) is 0.722. The van der Waals surface area contributed by atoms with Gasteiger partial charge in [-0.25, -0.2) is 0 Å². The fourth-order valence-electron chi connectivity index (χ4n) is 2.62. The molecule has 0 atom stereocenters. The summed E-state index contributed by atoms with van der Waals surface area (Å²) in [5.41, 5.74) is 1.09. The first-order chi connectivity index (χ1) is 10.3. The molecule has 1 aliphatic carbocycles. The molecule has 4 heteroatoms. The van der Waals surface area contributed by atoms with Crippen LogP contribution < -0.4 is 4.74 Å². The molecule has 1 saturated carbocycles. The van der Waals surface area contributed by atoms with E-state index in [4.69, 9.17) is 9.47 Å². The molecule has 1 heterocycles. The minimum absolute atomic E-state index is 0.0104. The summed E-state index contributed by atoms with van der Waals surface area (Å²) in [4.78, 5) is 4.43. The summed E-state index contributed by atoms with van der Waals surface area (Å²) in [6.07, 6.45) is 4.91. The highest BCUT2D eigenvalue weighted by atomic mass is 32.2. The maximum absolute atomic E-state index is 5.98. The van der Waals surface area contributed by atoms with E-state index in [0.717, 1.165) is 23.1 Å². The lowest BCUT2D eigenvalue weighted by atomic mass is 9.83. The predicted molar refractivity (Wildman–Crippen MR) is 93.5 cm³/mol. The number of aromatic nitrogens is 1. The maximum Gasteiger partial charge on any atom is 0.123 e. The van der Waals surface area contributed by atoms with Crippen molar-refractivity contribution in [2.24, 2.45) is 5.92 Å². The van der Waals surface area contributed by atoms with Crippen LogP contribution in [0.3, 0.4) is 0 Å². The molecular weight excluding hydrogens is 294 g/mol. The summed E-state index contributed by atoms with van der Waals surface area (Å²) in [6, 6.07) is 3.98. The van der Waals surface area contributed by atoms with Crippen LogP contribution in [0.2, 0.25) is 0 Å². The van der Waals surface area contributed by atoms with Crippen molar-refractivity contribution >= 4 is 11.8 Å². The molecule has 124 valence electrons. The van der Waals surface area contributed by atoms with Crippen LogP contribution in [0, 0.1) is 5.92 Å². The summed E-state index contributed by atoms with van der Waals surface area (Å²) in [6.45, 7) is 10.5. The smallest absolute Gasteiger partial charge is 0.123 e. The van der Waals surface area contributed by atoms with Gasteiger partial charge in [-0.3, -0.25) is 4.98 Å². The third-order valence-corrected chi connectivity index (χ3v) is 4.68. The highest BCUT2D eigenvalue weighted by Gasteiger charge is 2.32. The molecule has 0 unspecified atom stereocenters. The molecule has 0 bridgehead atoms. The molecular formula is C18H29NO2S. The van der Waals surface area contributed by atoms with Crippen LogP contribution >= 0.6 is 11.8 Å². The molecule has 0 N–H and O–H groups in total. The Morgan fingerprint density at radius 1 is 1.32 bits per heavy atom. The van der Waals surface area contributed by atoms with E-state index in [2.05, 4.69) is 31.8 Å². The summed E-state index contributed by atoms with van der Waals surface area (Å²) < 4.78 is 11.7. The number of rotatable bonds is 7. The van der Waals surface area contributed by atoms with E-state index in [1.54, 1.807) is 0 Å². The van der Waals surface area contributed by atoms with E-state index in [9.17, 15) is 0 Å². The lowest BCUT2D eigenvalue weighted by molar-refractivity contribution is -0.108. The molecule has 1 aromatic rings. The lowest BCUT2D eigenvalue weighted by Crippen LogP contribution is -2.38. The monoisotopic (exact) mass is 323 g/mol. The largest absolute Gasteiger partial charge is 0.491 e. The van der Waals surface area contributed by atoms with Crippen molar-refractivity contribution in [3.63, 3.8) is 0 Å². The lowest BCUT2D eigenvalue weighted by Gasteiger charge is -2.39. The van der Waals surface area contributed by atoms with E-state index in [-0.39, 0.29) is 11.7 Å². The van der Waals surface area contributed by atoms with Gasteiger partial charge in [-0.15, -0.1) is 0 Å². The molecule has 0 spiro atoms. The van der Waals surface area contributed by atoms with Gasteiger partial charge in [-0.2, -0.15) is 11.8 Å². The summed E-state index contributed by atoms with van der Waals surface area (Å²) in [7, 11) is 0. The zero-order chi connectivity index (χ0) is 16.2. The molecule has 0 radical (unpaired) electrons. The minimum Gasteiger partial charge on any atom is -0.491 e. The highest BCUT2D eigenvalue weighted by Crippen LogP contribution is 2.35. The van der Waals surface area contributed by atoms with Crippen molar-refractivity contribution in [2.45, 2.75) is 71.0 Å². The zero-order valence-electron chi connectivity index (χ0n) is 14.5. The number of hydrogen-bond donors (Lipinski definition) is 0. The summed E-state index contributed by atoms with van der Waals surface area (Å²) in [5, 5.41) is 0. The molecule has 0 aliphatic heterocycles. The van der Waals surface area contributed by atoms with Crippen LogP contribution in [0.25, 0.3) is 0 Å². The molecule has 3 nitrogen and oxygen atoms in total. The van der Waals surface area contributed by atoms with E-state index in [1.807, 2.05) is 37.9 Å². The number of pyridine rings is 1. The molecule has 0 saturated heterocycles. The van der Waals surface area contributed by atoms with E-state index < -0.39 is 0 Å². The van der Waals surface area contributed by atoms with Crippen molar-refractivity contribution in [3.8, 4) is 5.75 Å². The Morgan fingerprint density at radius 3 is 2.68 bits per heavy atom. The third kappa shape index (κ3) is 6.17. The Labute approximate surface area is 139 Å². The second-order valence-corrected chi connectivity index (χ2v) is 8.38. The van der Waals surface area contributed by atoms with Crippen molar-refractivity contribution < 1.29 is 9.47 Å². The van der Waals surface area contributed by atoms with Gasteiger partial charge in [0.1, 0.15) is 5.75 Å². The van der Waals surface area contributed by atoms with E-state index >= 15 is 0 Å². The van der Waals surface area contributed by atoms with Crippen LogP contribution in [0.1, 0.15) is 53.2 Å². The molecule has 1 aliphatic rings. The topological polar surface area (TPSA) is 31.4 Å². The number of hydrogen-bond acceptors (Lipinski definition) is 4. The first-order valence-electron chi connectivity index (χ1n) is 8.19. The normalized spacial score (nSPS) is 21.7. The van der Waals surface area contributed by atoms with Gasteiger partial charge >= 0.3 is 0 Å². The second kappa shape index (κ2) is 7.69. The average Bonchev–Trinajstić information content (AvgIpc) is 2.33. The Morgan fingerprint density at radius 2 is 2.05 bits per heavy atom. The summed E-state index contributed by atoms with van der Waals surface area (Å²) in [5.74, 6) is 3.87. The van der Waals surface area contributed by atoms with Crippen LogP contribution in [-0.2, 0) is 10.5 Å². The molecule has 0 aromatic carbocycles. The highest BCUT2D eigenvalue weighted by molar-refractivity contribution is 7.98. The van der Waals surface area contributed by atoms with Gasteiger partial charge in [0.05, 0.1) is 23.5 Å². The van der Waals surface area contributed by atoms with Crippen LogP contribution in [-0.4, -0.2) is 28.5 Å². The number of thioether (sulfide) groups is 1. The SMILES string of the molecule is CC(C)Oc1ccnc(CSCC2CC(OC(C)(C)C)C2)c1.